The molecule has 0 bridgehead atoms. The number of rotatable bonds is 8. The Balaban J connectivity index is 1.59. The van der Waals surface area contributed by atoms with E-state index in [0.717, 1.165) is 17.7 Å². The first-order valence-electron chi connectivity index (χ1n) is 8.64. The number of ether oxygens (including phenoxy) is 1. The first kappa shape index (κ1) is 18.1. The lowest BCUT2D eigenvalue weighted by Gasteiger charge is -2.15. The van der Waals surface area contributed by atoms with Gasteiger partial charge >= 0.3 is 0 Å². The molecule has 0 saturated heterocycles. The molecule has 6 nitrogen and oxygen atoms in total. The number of nitrogens with two attached hydrogens (primary N) is 1. The molecule has 3 rings (SSSR count). The van der Waals surface area contributed by atoms with Crippen LogP contribution in [0, 0.1) is 0 Å². The molecule has 0 aliphatic rings. The molecule has 3 aromatic rings. The number of aliphatic hydroxyl groups excluding tert-OH is 1. The summed E-state index contributed by atoms with van der Waals surface area (Å²) >= 11 is 0. The summed E-state index contributed by atoms with van der Waals surface area (Å²) < 4.78 is 11.1. The van der Waals surface area contributed by atoms with Gasteiger partial charge in [-0.25, -0.2) is 0 Å². The van der Waals surface area contributed by atoms with E-state index in [0.29, 0.717) is 18.1 Å². The maximum absolute atomic E-state index is 8.99. The fourth-order valence-electron chi connectivity index (χ4n) is 2.65. The lowest BCUT2D eigenvalue weighted by Crippen LogP contribution is -2.26. The standard InChI is InChI=1S/C20H23N3O3/c1-14(11-15-5-3-2-4-6-15)25-18-9-7-16(8-10-18)20-22-19(26-23-20)12-17(21)13-24/h2-10,14,17,24H,11-13,21H2,1H3/t14-,17+/m1/s1. The number of benzene rings is 2. The Kier molecular flexibility index (Phi) is 5.99. The van der Waals surface area contributed by atoms with Crippen molar-refractivity contribution in [1.82, 2.24) is 10.1 Å². The van der Waals surface area contributed by atoms with Crippen LogP contribution in [-0.2, 0) is 12.8 Å². The summed E-state index contributed by atoms with van der Waals surface area (Å²) in [6.45, 7) is 1.93. The molecule has 0 fully saturated rings. The van der Waals surface area contributed by atoms with Crippen LogP contribution in [0.1, 0.15) is 18.4 Å². The molecule has 0 radical (unpaired) electrons. The molecule has 136 valence electrons. The average Bonchev–Trinajstić information content (AvgIpc) is 3.11. The Labute approximate surface area is 152 Å². The topological polar surface area (TPSA) is 94.4 Å². The molecule has 3 N–H and O–H groups in total. The van der Waals surface area contributed by atoms with Gasteiger partial charge in [0, 0.05) is 24.4 Å². The average molecular weight is 353 g/mol. The molecule has 0 aliphatic carbocycles. The van der Waals surface area contributed by atoms with Gasteiger partial charge in [-0.2, -0.15) is 4.98 Å². The van der Waals surface area contributed by atoms with Crippen molar-refractivity contribution in [2.24, 2.45) is 5.73 Å². The van der Waals surface area contributed by atoms with Crippen molar-refractivity contribution in [2.45, 2.75) is 31.9 Å². The van der Waals surface area contributed by atoms with E-state index in [-0.39, 0.29) is 12.7 Å². The molecule has 0 saturated carbocycles. The van der Waals surface area contributed by atoms with Crippen LogP contribution in [0.3, 0.4) is 0 Å². The minimum absolute atomic E-state index is 0.0694. The van der Waals surface area contributed by atoms with Crippen LogP contribution in [0.25, 0.3) is 11.4 Å². The van der Waals surface area contributed by atoms with E-state index in [1.165, 1.54) is 5.56 Å². The van der Waals surface area contributed by atoms with Gasteiger partial charge in [0.25, 0.3) is 0 Å². The van der Waals surface area contributed by atoms with Gasteiger partial charge in [-0.15, -0.1) is 0 Å². The minimum atomic E-state index is -0.398. The molecule has 0 aliphatic heterocycles. The van der Waals surface area contributed by atoms with Crippen LogP contribution in [0.2, 0.25) is 0 Å². The highest BCUT2D eigenvalue weighted by molar-refractivity contribution is 5.55. The van der Waals surface area contributed by atoms with Crippen molar-refractivity contribution in [2.75, 3.05) is 6.61 Å². The number of aliphatic hydroxyl groups is 1. The number of nitrogens with zero attached hydrogens (tertiary/aromatic N) is 2. The normalized spacial score (nSPS) is 13.3. The van der Waals surface area contributed by atoms with Crippen molar-refractivity contribution in [3.8, 4) is 17.1 Å². The zero-order valence-corrected chi connectivity index (χ0v) is 14.7. The monoisotopic (exact) mass is 353 g/mol. The SMILES string of the molecule is C[C@H](Cc1ccccc1)Oc1ccc(-c2noc(C[C@H](N)CO)n2)cc1. The maximum atomic E-state index is 8.99. The molecule has 0 spiro atoms. The molecule has 2 aromatic carbocycles. The Morgan fingerprint density at radius 1 is 1.08 bits per heavy atom. The summed E-state index contributed by atoms with van der Waals surface area (Å²) in [7, 11) is 0. The molecule has 26 heavy (non-hydrogen) atoms. The predicted octanol–water partition coefficient (Wildman–Crippen LogP) is 2.61. The van der Waals surface area contributed by atoms with Gasteiger partial charge in [-0.1, -0.05) is 35.5 Å². The fourth-order valence-corrected chi connectivity index (χ4v) is 2.65. The molecule has 1 aromatic heterocycles. The molecule has 1 heterocycles. The van der Waals surface area contributed by atoms with Gasteiger partial charge in [0.15, 0.2) is 0 Å². The van der Waals surface area contributed by atoms with Gasteiger partial charge in [0.2, 0.25) is 11.7 Å². The van der Waals surface area contributed by atoms with Gasteiger partial charge in [-0.05, 0) is 36.8 Å². The highest BCUT2D eigenvalue weighted by Gasteiger charge is 2.12. The third-order valence-electron chi connectivity index (χ3n) is 3.96. The van der Waals surface area contributed by atoms with Crippen LogP contribution in [0.4, 0.5) is 0 Å². The second kappa shape index (κ2) is 8.60. The van der Waals surface area contributed by atoms with Crippen LogP contribution in [0.15, 0.2) is 59.1 Å². The molecular formula is C20H23N3O3. The van der Waals surface area contributed by atoms with Gasteiger partial charge < -0.3 is 20.1 Å². The number of hydrogen-bond donors (Lipinski definition) is 2. The second-order valence-corrected chi connectivity index (χ2v) is 6.30. The largest absolute Gasteiger partial charge is 0.490 e. The van der Waals surface area contributed by atoms with E-state index >= 15 is 0 Å². The lowest BCUT2D eigenvalue weighted by atomic mass is 10.1. The molecule has 0 unspecified atom stereocenters. The first-order chi connectivity index (χ1) is 12.6. The highest BCUT2D eigenvalue weighted by Crippen LogP contribution is 2.21. The lowest BCUT2D eigenvalue weighted by molar-refractivity contribution is 0.222. The van der Waals surface area contributed by atoms with Crippen molar-refractivity contribution in [3.63, 3.8) is 0 Å². The number of aromatic nitrogens is 2. The smallest absolute Gasteiger partial charge is 0.228 e. The highest BCUT2D eigenvalue weighted by atomic mass is 16.5. The Morgan fingerprint density at radius 3 is 2.50 bits per heavy atom. The molecule has 6 heteroatoms. The summed E-state index contributed by atoms with van der Waals surface area (Å²) in [4.78, 5) is 4.31. The third kappa shape index (κ3) is 4.91. The van der Waals surface area contributed by atoms with E-state index in [9.17, 15) is 0 Å². The summed E-state index contributed by atoms with van der Waals surface area (Å²) in [6.07, 6.45) is 1.27. The van der Waals surface area contributed by atoms with Crippen LogP contribution >= 0.6 is 0 Å². The Bertz CT molecular complexity index is 803. The second-order valence-electron chi connectivity index (χ2n) is 6.30. The molecule has 2 atom stereocenters. The summed E-state index contributed by atoms with van der Waals surface area (Å²) in [6, 6.07) is 17.4. The zero-order valence-electron chi connectivity index (χ0n) is 14.7. The Hall–Kier alpha value is -2.70. The van der Waals surface area contributed by atoms with Crippen molar-refractivity contribution in [1.29, 1.82) is 0 Å². The van der Waals surface area contributed by atoms with E-state index in [1.807, 2.05) is 42.5 Å². The summed E-state index contributed by atoms with van der Waals surface area (Å²) in [5.41, 5.74) is 7.76. The van der Waals surface area contributed by atoms with Crippen LogP contribution < -0.4 is 10.5 Å². The van der Waals surface area contributed by atoms with Crippen LogP contribution in [-0.4, -0.2) is 34.0 Å². The van der Waals surface area contributed by atoms with E-state index in [4.69, 9.17) is 20.1 Å². The number of hydrogen-bond acceptors (Lipinski definition) is 6. The van der Waals surface area contributed by atoms with E-state index in [1.54, 1.807) is 0 Å². The van der Waals surface area contributed by atoms with Gasteiger partial charge in [-0.3, -0.25) is 0 Å². The minimum Gasteiger partial charge on any atom is -0.490 e. The predicted molar refractivity (Wildman–Crippen MR) is 98.7 cm³/mol. The molecular weight excluding hydrogens is 330 g/mol. The van der Waals surface area contributed by atoms with Crippen molar-refractivity contribution >= 4 is 0 Å². The van der Waals surface area contributed by atoms with Crippen LogP contribution in [0.5, 0.6) is 5.75 Å². The van der Waals surface area contributed by atoms with Crippen molar-refractivity contribution in [3.05, 3.63) is 66.1 Å². The van der Waals surface area contributed by atoms with Gasteiger partial charge in [0.05, 0.1) is 12.7 Å². The quantitative estimate of drug-likeness (QED) is 0.646. The Morgan fingerprint density at radius 2 is 1.81 bits per heavy atom. The summed E-state index contributed by atoms with van der Waals surface area (Å²) in [5.74, 6) is 1.70. The fraction of sp³-hybridized carbons (Fsp3) is 0.300. The zero-order chi connectivity index (χ0) is 18.4. The summed E-state index contributed by atoms with van der Waals surface area (Å²) in [5, 5.41) is 12.9. The van der Waals surface area contributed by atoms with E-state index in [2.05, 4.69) is 29.2 Å². The third-order valence-corrected chi connectivity index (χ3v) is 3.96. The molecule has 0 amide bonds. The van der Waals surface area contributed by atoms with Crippen molar-refractivity contribution < 1.29 is 14.4 Å². The van der Waals surface area contributed by atoms with E-state index < -0.39 is 6.04 Å². The maximum Gasteiger partial charge on any atom is 0.228 e. The van der Waals surface area contributed by atoms with Gasteiger partial charge in [0.1, 0.15) is 5.75 Å². The first-order valence-corrected chi connectivity index (χ1v) is 8.64.